The lowest BCUT2D eigenvalue weighted by molar-refractivity contribution is -0.153. The van der Waals surface area contributed by atoms with Crippen LogP contribution in [0, 0.1) is 0 Å². The Morgan fingerprint density at radius 2 is 2.00 bits per heavy atom. The van der Waals surface area contributed by atoms with Crippen LogP contribution in [0.15, 0.2) is 47.2 Å². The Morgan fingerprint density at radius 3 is 2.67 bits per heavy atom. The first-order valence-corrected chi connectivity index (χ1v) is 10.1. The summed E-state index contributed by atoms with van der Waals surface area (Å²) in [7, 11) is 0. The minimum absolute atomic E-state index is 0.0564. The van der Waals surface area contributed by atoms with Crippen molar-refractivity contribution in [1.82, 2.24) is 9.88 Å². The summed E-state index contributed by atoms with van der Waals surface area (Å²) in [6.07, 6.45) is 8.88. The molecule has 1 aromatic carbocycles. The van der Waals surface area contributed by atoms with Gasteiger partial charge in [0, 0.05) is 6.42 Å². The van der Waals surface area contributed by atoms with Crippen molar-refractivity contribution < 1.29 is 13.9 Å². The molecule has 2 heterocycles. The number of rotatable bonds is 9. The Labute approximate surface area is 161 Å². The Balaban J connectivity index is 1.54. The van der Waals surface area contributed by atoms with Crippen molar-refractivity contribution in [2.75, 3.05) is 26.2 Å². The molecule has 0 unspecified atom stereocenters. The highest BCUT2D eigenvalue weighted by atomic mass is 16.5. The smallest absolute Gasteiger partial charge is 0.316 e. The molecule has 0 amide bonds. The highest BCUT2D eigenvalue weighted by molar-refractivity contribution is 5.83. The summed E-state index contributed by atoms with van der Waals surface area (Å²) in [5.41, 5.74) is 0.597. The van der Waals surface area contributed by atoms with E-state index in [1.807, 2.05) is 25.1 Å². The van der Waals surface area contributed by atoms with Gasteiger partial charge >= 0.3 is 5.97 Å². The molecule has 0 N–H and O–H groups in total. The third-order valence-electron chi connectivity index (χ3n) is 5.46. The first-order chi connectivity index (χ1) is 13.2. The molecule has 0 saturated carbocycles. The van der Waals surface area contributed by atoms with Gasteiger partial charge in [-0.3, -0.25) is 4.79 Å². The van der Waals surface area contributed by atoms with Crippen LogP contribution in [0.5, 0.6) is 0 Å². The first kappa shape index (κ1) is 19.6. The van der Waals surface area contributed by atoms with Crippen LogP contribution in [0.2, 0.25) is 0 Å². The van der Waals surface area contributed by atoms with Crippen LogP contribution in [-0.2, 0) is 21.4 Å². The monoisotopic (exact) mass is 370 g/mol. The molecular weight excluding hydrogens is 340 g/mol. The molecule has 27 heavy (non-hydrogen) atoms. The molecule has 1 saturated heterocycles. The average Bonchev–Trinajstić information content (AvgIpc) is 3.24. The SMILES string of the molecule is CCCOC(=O)C1(c2ccccc2)CCN(CCCCc2ncco2)CC1. The number of esters is 1. The number of unbranched alkanes of at least 4 members (excludes halogenated alkanes) is 1. The van der Waals surface area contributed by atoms with Gasteiger partial charge in [0.2, 0.25) is 0 Å². The fourth-order valence-corrected chi connectivity index (χ4v) is 3.85. The third-order valence-corrected chi connectivity index (χ3v) is 5.46. The zero-order valence-corrected chi connectivity index (χ0v) is 16.2. The van der Waals surface area contributed by atoms with E-state index in [0.717, 1.165) is 69.6 Å². The van der Waals surface area contributed by atoms with Gasteiger partial charge in [-0.25, -0.2) is 4.98 Å². The number of hydrogen-bond acceptors (Lipinski definition) is 5. The number of benzene rings is 1. The number of hydrogen-bond donors (Lipinski definition) is 0. The van der Waals surface area contributed by atoms with Crippen molar-refractivity contribution in [1.29, 1.82) is 0 Å². The molecule has 3 rings (SSSR count). The van der Waals surface area contributed by atoms with E-state index in [9.17, 15) is 4.79 Å². The molecule has 0 atom stereocenters. The van der Waals surface area contributed by atoms with Crippen molar-refractivity contribution in [3.8, 4) is 0 Å². The van der Waals surface area contributed by atoms with Crippen molar-refractivity contribution in [2.24, 2.45) is 0 Å². The Bertz CT molecular complexity index is 677. The topological polar surface area (TPSA) is 55.6 Å². The van der Waals surface area contributed by atoms with Crippen LogP contribution in [0.3, 0.4) is 0 Å². The van der Waals surface area contributed by atoms with Crippen LogP contribution in [0.4, 0.5) is 0 Å². The van der Waals surface area contributed by atoms with Crippen molar-refractivity contribution in [3.63, 3.8) is 0 Å². The first-order valence-electron chi connectivity index (χ1n) is 10.1. The van der Waals surface area contributed by atoms with E-state index >= 15 is 0 Å². The van der Waals surface area contributed by atoms with Crippen LogP contribution < -0.4 is 0 Å². The predicted octanol–water partition coefficient (Wildman–Crippen LogP) is 3.98. The molecule has 1 aromatic heterocycles. The van der Waals surface area contributed by atoms with Crippen LogP contribution in [0.25, 0.3) is 0 Å². The van der Waals surface area contributed by atoms with E-state index in [4.69, 9.17) is 9.15 Å². The molecule has 2 aromatic rings. The molecule has 0 radical (unpaired) electrons. The number of oxazole rings is 1. The van der Waals surface area contributed by atoms with E-state index in [2.05, 4.69) is 22.0 Å². The van der Waals surface area contributed by atoms with E-state index in [1.54, 1.807) is 12.5 Å². The number of ether oxygens (including phenoxy) is 1. The standard InChI is InChI=1S/C22H30N2O3/c1-2-17-27-21(25)22(19-8-4-3-5-9-19)11-15-24(16-12-22)14-7-6-10-20-23-13-18-26-20/h3-5,8-9,13,18H,2,6-7,10-12,14-17H2,1H3. The lowest BCUT2D eigenvalue weighted by Crippen LogP contribution is -2.48. The highest BCUT2D eigenvalue weighted by Gasteiger charge is 2.44. The van der Waals surface area contributed by atoms with Gasteiger partial charge in [0.05, 0.1) is 18.2 Å². The normalized spacial score (nSPS) is 16.9. The third kappa shape index (κ3) is 4.98. The van der Waals surface area contributed by atoms with E-state index in [1.165, 1.54) is 0 Å². The second-order valence-corrected chi connectivity index (χ2v) is 7.31. The molecule has 0 bridgehead atoms. The zero-order chi connectivity index (χ0) is 19.0. The van der Waals surface area contributed by atoms with Crippen LogP contribution >= 0.6 is 0 Å². The predicted molar refractivity (Wildman–Crippen MR) is 104 cm³/mol. The molecule has 146 valence electrons. The number of piperidine rings is 1. The van der Waals surface area contributed by atoms with Crippen molar-refractivity contribution >= 4 is 5.97 Å². The maximum absolute atomic E-state index is 12.9. The number of aromatic nitrogens is 1. The largest absolute Gasteiger partial charge is 0.465 e. The van der Waals surface area contributed by atoms with Crippen molar-refractivity contribution in [2.45, 2.75) is 50.9 Å². The van der Waals surface area contributed by atoms with Gasteiger partial charge in [0.15, 0.2) is 5.89 Å². The molecule has 5 heteroatoms. The summed E-state index contributed by atoms with van der Waals surface area (Å²) in [4.78, 5) is 19.5. The van der Waals surface area contributed by atoms with Crippen LogP contribution in [0.1, 0.15) is 50.5 Å². The van der Waals surface area contributed by atoms with E-state index in [-0.39, 0.29) is 5.97 Å². The van der Waals surface area contributed by atoms with Gasteiger partial charge in [-0.2, -0.15) is 0 Å². The van der Waals surface area contributed by atoms with Gasteiger partial charge in [-0.15, -0.1) is 0 Å². The van der Waals surface area contributed by atoms with Crippen LogP contribution in [-0.4, -0.2) is 42.1 Å². The number of nitrogens with zero attached hydrogens (tertiary/aromatic N) is 2. The maximum atomic E-state index is 12.9. The lowest BCUT2D eigenvalue weighted by atomic mass is 9.72. The zero-order valence-electron chi connectivity index (χ0n) is 16.2. The van der Waals surface area contributed by atoms with E-state index in [0.29, 0.717) is 6.61 Å². The second-order valence-electron chi connectivity index (χ2n) is 7.31. The Morgan fingerprint density at radius 1 is 1.22 bits per heavy atom. The summed E-state index contributed by atoms with van der Waals surface area (Å²) in [6, 6.07) is 10.2. The fraction of sp³-hybridized carbons (Fsp3) is 0.545. The lowest BCUT2D eigenvalue weighted by Gasteiger charge is -2.40. The summed E-state index contributed by atoms with van der Waals surface area (Å²) < 4.78 is 10.9. The molecule has 1 aliphatic rings. The fourth-order valence-electron chi connectivity index (χ4n) is 3.85. The van der Waals surface area contributed by atoms with E-state index < -0.39 is 5.41 Å². The molecule has 0 spiro atoms. The molecule has 5 nitrogen and oxygen atoms in total. The van der Waals surface area contributed by atoms with Crippen molar-refractivity contribution in [3.05, 3.63) is 54.2 Å². The number of likely N-dealkylation sites (tertiary alicyclic amines) is 1. The maximum Gasteiger partial charge on any atom is 0.316 e. The van der Waals surface area contributed by atoms with Gasteiger partial charge < -0.3 is 14.1 Å². The quantitative estimate of drug-likeness (QED) is 0.493. The van der Waals surface area contributed by atoms with Gasteiger partial charge in [-0.1, -0.05) is 37.3 Å². The molecule has 1 aliphatic heterocycles. The minimum Gasteiger partial charge on any atom is -0.465 e. The summed E-state index contributed by atoms with van der Waals surface area (Å²) in [6.45, 7) is 5.43. The number of aryl methyl sites for hydroxylation is 1. The Hall–Kier alpha value is -2.14. The summed E-state index contributed by atoms with van der Waals surface area (Å²) in [5.74, 6) is 0.759. The molecule has 1 fully saturated rings. The van der Waals surface area contributed by atoms with Gasteiger partial charge in [0.25, 0.3) is 0 Å². The van der Waals surface area contributed by atoms with Gasteiger partial charge in [-0.05, 0) is 57.3 Å². The highest BCUT2D eigenvalue weighted by Crippen LogP contribution is 2.37. The average molecular weight is 370 g/mol. The van der Waals surface area contributed by atoms with Gasteiger partial charge in [0.1, 0.15) is 6.26 Å². The molecular formula is C22H30N2O3. The molecule has 0 aliphatic carbocycles. The number of carbonyl (C=O) groups is 1. The summed E-state index contributed by atoms with van der Waals surface area (Å²) in [5, 5.41) is 0. The minimum atomic E-state index is -0.495. The summed E-state index contributed by atoms with van der Waals surface area (Å²) >= 11 is 0. The Kier molecular flexibility index (Phi) is 7.04. The number of carbonyl (C=O) groups excluding carboxylic acids is 1. The second kappa shape index (κ2) is 9.70.